The summed E-state index contributed by atoms with van der Waals surface area (Å²) < 4.78 is 27.6. The second kappa shape index (κ2) is 10.2. The standard InChI is InChI=1S/C22H19ClN4O5S/c1-16-20(23)8-5-9-21(16)26(33(31,32)19-6-3-2-4-7-19)15-22(28)25-24-14-17-10-12-18(13-11-17)27(29)30/h2-14H,15H2,1H3,(H,25,28)/b24-14-. The van der Waals surface area contributed by atoms with Gasteiger partial charge in [0.15, 0.2) is 0 Å². The highest BCUT2D eigenvalue weighted by molar-refractivity contribution is 7.92. The van der Waals surface area contributed by atoms with Crippen molar-refractivity contribution in [2.45, 2.75) is 11.8 Å². The van der Waals surface area contributed by atoms with E-state index in [0.717, 1.165) is 4.31 Å². The molecule has 0 radical (unpaired) electrons. The summed E-state index contributed by atoms with van der Waals surface area (Å²) >= 11 is 6.18. The normalized spacial score (nSPS) is 11.3. The van der Waals surface area contributed by atoms with Gasteiger partial charge in [-0.05, 0) is 54.4 Å². The molecule has 11 heteroatoms. The number of rotatable bonds is 8. The maximum absolute atomic E-state index is 13.3. The van der Waals surface area contributed by atoms with Crippen LogP contribution in [0.15, 0.2) is 82.8 Å². The van der Waals surface area contributed by atoms with Gasteiger partial charge in [-0.3, -0.25) is 19.2 Å². The lowest BCUT2D eigenvalue weighted by Crippen LogP contribution is -2.40. The van der Waals surface area contributed by atoms with E-state index in [0.29, 0.717) is 16.1 Å². The van der Waals surface area contributed by atoms with E-state index in [2.05, 4.69) is 10.5 Å². The van der Waals surface area contributed by atoms with Gasteiger partial charge in [-0.1, -0.05) is 35.9 Å². The van der Waals surface area contributed by atoms with Crippen molar-refractivity contribution in [2.75, 3.05) is 10.8 Å². The van der Waals surface area contributed by atoms with Crippen molar-refractivity contribution in [3.63, 3.8) is 0 Å². The average Bonchev–Trinajstić information content (AvgIpc) is 2.80. The second-order valence-corrected chi connectivity index (χ2v) is 9.12. The molecule has 33 heavy (non-hydrogen) atoms. The zero-order valence-electron chi connectivity index (χ0n) is 17.4. The summed E-state index contributed by atoms with van der Waals surface area (Å²) in [7, 11) is -4.08. The van der Waals surface area contributed by atoms with Crippen LogP contribution in [0.25, 0.3) is 0 Å². The number of sulfonamides is 1. The van der Waals surface area contributed by atoms with Crippen LogP contribution in [0.5, 0.6) is 0 Å². The Bertz CT molecular complexity index is 1300. The lowest BCUT2D eigenvalue weighted by Gasteiger charge is -2.25. The van der Waals surface area contributed by atoms with Crippen LogP contribution in [0.2, 0.25) is 5.02 Å². The molecule has 0 atom stereocenters. The van der Waals surface area contributed by atoms with Gasteiger partial charge in [-0.25, -0.2) is 13.8 Å². The first kappa shape index (κ1) is 23.9. The predicted molar refractivity (Wildman–Crippen MR) is 126 cm³/mol. The summed E-state index contributed by atoms with van der Waals surface area (Å²) in [5.41, 5.74) is 3.49. The minimum atomic E-state index is -4.08. The number of nitro groups is 1. The highest BCUT2D eigenvalue weighted by Crippen LogP contribution is 2.30. The molecule has 1 amide bonds. The van der Waals surface area contributed by atoms with E-state index in [-0.39, 0.29) is 16.3 Å². The highest BCUT2D eigenvalue weighted by atomic mass is 35.5. The molecule has 3 rings (SSSR count). The van der Waals surface area contributed by atoms with Gasteiger partial charge in [0.1, 0.15) is 6.54 Å². The van der Waals surface area contributed by atoms with Gasteiger partial charge in [0, 0.05) is 17.2 Å². The minimum Gasteiger partial charge on any atom is -0.271 e. The Morgan fingerprint density at radius 1 is 1.09 bits per heavy atom. The summed E-state index contributed by atoms with van der Waals surface area (Å²) in [6.45, 7) is 1.12. The number of halogens is 1. The summed E-state index contributed by atoms with van der Waals surface area (Å²) in [4.78, 5) is 22.8. The maximum Gasteiger partial charge on any atom is 0.269 e. The van der Waals surface area contributed by atoms with Crippen molar-refractivity contribution in [2.24, 2.45) is 5.10 Å². The number of hydrazone groups is 1. The Balaban J connectivity index is 1.83. The van der Waals surface area contributed by atoms with Gasteiger partial charge in [0.05, 0.1) is 21.7 Å². The molecule has 0 heterocycles. The first-order valence-electron chi connectivity index (χ1n) is 9.59. The molecule has 0 spiro atoms. The Labute approximate surface area is 195 Å². The van der Waals surface area contributed by atoms with Crippen molar-refractivity contribution in [1.29, 1.82) is 0 Å². The topological polar surface area (TPSA) is 122 Å². The van der Waals surface area contributed by atoms with Gasteiger partial charge < -0.3 is 0 Å². The Morgan fingerprint density at radius 3 is 2.39 bits per heavy atom. The molecular weight excluding hydrogens is 468 g/mol. The van der Waals surface area contributed by atoms with Crippen LogP contribution in [0.4, 0.5) is 11.4 Å². The van der Waals surface area contributed by atoms with Gasteiger partial charge in [-0.15, -0.1) is 0 Å². The number of carbonyl (C=O) groups is 1. The summed E-state index contributed by atoms with van der Waals surface area (Å²) in [5.74, 6) is -0.688. The lowest BCUT2D eigenvalue weighted by molar-refractivity contribution is -0.384. The molecule has 0 saturated carbocycles. The van der Waals surface area contributed by atoms with Crippen LogP contribution >= 0.6 is 11.6 Å². The number of nitrogens with zero attached hydrogens (tertiary/aromatic N) is 3. The van der Waals surface area contributed by atoms with Gasteiger partial charge in [0.2, 0.25) is 0 Å². The molecule has 0 unspecified atom stereocenters. The van der Waals surface area contributed by atoms with E-state index in [1.807, 2.05) is 0 Å². The predicted octanol–water partition coefficient (Wildman–Crippen LogP) is 3.90. The number of hydrogen-bond donors (Lipinski definition) is 1. The molecule has 0 aliphatic carbocycles. The van der Waals surface area contributed by atoms with Crippen molar-refractivity contribution < 1.29 is 18.1 Å². The van der Waals surface area contributed by atoms with Crippen LogP contribution in [-0.2, 0) is 14.8 Å². The molecule has 0 fully saturated rings. The smallest absolute Gasteiger partial charge is 0.269 e. The maximum atomic E-state index is 13.3. The van der Waals surface area contributed by atoms with E-state index in [1.54, 1.807) is 43.3 Å². The third kappa shape index (κ3) is 5.73. The Kier molecular flexibility index (Phi) is 7.41. The largest absolute Gasteiger partial charge is 0.271 e. The van der Waals surface area contributed by atoms with Crippen LogP contribution in [0, 0.1) is 17.0 Å². The Morgan fingerprint density at radius 2 is 1.76 bits per heavy atom. The van der Waals surface area contributed by atoms with E-state index in [9.17, 15) is 23.3 Å². The lowest BCUT2D eigenvalue weighted by atomic mass is 10.2. The van der Waals surface area contributed by atoms with Gasteiger partial charge >= 0.3 is 0 Å². The first-order chi connectivity index (χ1) is 15.7. The molecule has 0 aliphatic rings. The fourth-order valence-corrected chi connectivity index (χ4v) is 4.58. The Hall–Kier alpha value is -3.76. The quantitative estimate of drug-likeness (QED) is 0.294. The molecule has 3 aromatic rings. The van der Waals surface area contributed by atoms with E-state index < -0.39 is 27.4 Å². The van der Waals surface area contributed by atoms with Gasteiger partial charge in [0.25, 0.3) is 21.6 Å². The zero-order valence-corrected chi connectivity index (χ0v) is 19.0. The van der Waals surface area contributed by atoms with E-state index in [4.69, 9.17) is 11.6 Å². The van der Waals surface area contributed by atoms with Crippen molar-refractivity contribution in [1.82, 2.24) is 5.43 Å². The summed E-state index contributed by atoms with van der Waals surface area (Å²) in [6.07, 6.45) is 1.29. The third-order valence-corrected chi connectivity index (χ3v) is 6.82. The van der Waals surface area contributed by atoms with Crippen molar-refractivity contribution in [3.05, 3.63) is 99.1 Å². The van der Waals surface area contributed by atoms with Crippen molar-refractivity contribution in [3.8, 4) is 0 Å². The van der Waals surface area contributed by atoms with Crippen LogP contribution in [-0.4, -0.2) is 32.0 Å². The van der Waals surface area contributed by atoms with Crippen LogP contribution in [0.1, 0.15) is 11.1 Å². The number of carbonyl (C=O) groups excluding carboxylic acids is 1. The second-order valence-electron chi connectivity index (χ2n) is 6.85. The number of anilines is 1. The molecule has 0 aliphatic heterocycles. The average molecular weight is 487 g/mol. The van der Waals surface area contributed by atoms with Crippen molar-refractivity contribution >= 4 is 45.1 Å². The molecular formula is C22H19ClN4O5S. The number of nitro benzene ring substituents is 1. The number of hydrogen-bond acceptors (Lipinski definition) is 6. The number of benzene rings is 3. The van der Waals surface area contributed by atoms with E-state index in [1.165, 1.54) is 42.6 Å². The molecule has 9 nitrogen and oxygen atoms in total. The SMILES string of the molecule is Cc1c(Cl)cccc1N(CC(=O)N/N=C\c1ccc([N+](=O)[O-])cc1)S(=O)(=O)c1ccccc1. The molecule has 3 aromatic carbocycles. The summed E-state index contributed by atoms with van der Waals surface area (Å²) in [6, 6.07) is 18.1. The van der Waals surface area contributed by atoms with E-state index >= 15 is 0 Å². The van der Waals surface area contributed by atoms with Gasteiger partial charge in [-0.2, -0.15) is 5.10 Å². The fraction of sp³-hybridized carbons (Fsp3) is 0.0909. The van der Waals surface area contributed by atoms with Crippen LogP contribution < -0.4 is 9.73 Å². The fourth-order valence-electron chi connectivity index (χ4n) is 2.91. The zero-order chi connectivity index (χ0) is 24.0. The molecule has 0 bridgehead atoms. The molecule has 0 aromatic heterocycles. The third-order valence-electron chi connectivity index (χ3n) is 4.63. The number of amides is 1. The summed E-state index contributed by atoms with van der Waals surface area (Å²) in [5, 5.41) is 14.9. The number of nitrogens with one attached hydrogen (secondary N) is 1. The first-order valence-corrected chi connectivity index (χ1v) is 11.4. The number of non-ortho nitro benzene ring substituents is 1. The van der Waals surface area contributed by atoms with Crippen LogP contribution in [0.3, 0.4) is 0 Å². The molecule has 170 valence electrons. The monoisotopic (exact) mass is 486 g/mol. The molecule has 0 saturated heterocycles. The highest BCUT2D eigenvalue weighted by Gasteiger charge is 2.28. The molecule has 1 N–H and O–H groups in total. The minimum absolute atomic E-state index is 0.0200.